The quantitative estimate of drug-likeness (QED) is 0.763. The second-order valence-corrected chi connectivity index (χ2v) is 7.28. The largest absolute Gasteiger partial charge is 0.299 e. The number of piperidine rings is 1. The second kappa shape index (κ2) is 7.37. The standard InChI is InChI=1S/C23H25NO/c25-23-21(11-10-20-8-4-5-9-22(20)23)16-18-12-14-24(15-13-18)17-19-6-2-1-3-7-19/h1-9,16,18H,10-15,17H2/b21-16+. The lowest BCUT2D eigenvalue weighted by molar-refractivity contribution is 0.102. The summed E-state index contributed by atoms with van der Waals surface area (Å²) in [5.74, 6) is 0.810. The number of allylic oxidation sites excluding steroid dienone is 2. The van der Waals surface area contributed by atoms with Crippen LogP contribution in [0.3, 0.4) is 0 Å². The zero-order valence-electron chi connectivity index (χ0n) is 14.7. The first-order valence-electron chi connectivity index (χ1n) is 9.39. The highest BCUT2D eigenvalue weighted by Gasteiger charge is 2.24. The monoisotopic (exact) mass is 331 g/mol. The van der Waals surface area contributed by atoms with E-state index in [1.165, 1.54) is 11.1 Å². The molecule has 0 unspecified atom stereocenters. The van der Waals surface area contributed by atoms with Crippen molar-refractivity contribution in [1.82, 2.24) is 4.90 Å². The average Bonchev–Trinajstić information content (AvgIpc) is 2.67. The summed E-state index contributed by atoms with van der Waals surface area (Å²) >= 11 is 0. The summed E-state index contributed by atoms with van der Waals surface area (Å²) < 4.78 is 0. The third-order valence-electron chi connectivity index (χ3n) is 5.54. The van der Waals surface area contributed by atoms with Crippen LogP contribution in [0.5, 0.6) is 0 Å². The fourth-order valence-corrected chi connectivity index (χ4v) is 4.08. The number of rotatable bonds is 3. The summed E-state index contributed by atoms with van der Waals surface area (Å²) in [5, 5.41) is 0. The van der Waals surface area contributed by atoms with Gasteiger partial charge < -0.3 is 0 Å². The molecule has 0 saturated carbocycles. The van der Waals surface area contributed by atoms with Gasteiger partial charge in [0.15, 0.2) is 5.78 Å². The van der Waals surface area contributed by atoms with Gasteiger partial charge in [-0.1, -0.05) is 60.7 Å². The molecule has 0 spiro atoms. The highest BCUT2D eigenvalue weighted by atomic mass is 16.1. The van der Waals surface area contributed by atoms with Crippen molar-refractivity contribution in [2.24, 2.45) is 5.92 Å². The zero-order valence-corrected chi connectivity index (χ0v) is 14.7. The van der Waals surface area contributed by atoms with Gasteiger partial charge in [0.25, 0.3) is 0 Å². The number of benzene rings is 2. The molecule has 2 aromatic carbocycles. The average molecular weight is 331 g/mol. The molecule has 0 radical (unpaired) electrons. The molecule has 2 aromatic rings. The molecule has 1 saturated heterocycles. The van der Waals surface area contributed by atoms with E-state index >= 15 is 0 Å². The minimum absolute atomic E-state index is 0.258. The Kier molecular flexibility index (Phi) is 4.80. The predicted octanol–water partition coefficient (Wildman–Crippen LogP) is 4.65. The van der Waals surface area contributed by atoms with Crippen LogP contribution >= 0.6 is 0 Å². The van der Waals surface area contributed by atoms with Gasteiger partial charge in [-0.3, -0.25) is 9.69 Å². The normalized spacial score (nSPS) is 20.6. The summed E-state index contributed by atoms with van der Waals surface area (Å²) in [6, 6.07) is 18.8. The maximum atomic E-state index is 12.7. The van der Waals surface area contributed by atoms with Crippen molar-refractivity contribution in [3.8, 4) is 0 Å². The summed E-state index contributed by atoms with van der Waals surface area (Å²) in [7, 11) is 0. The number of nitrogens with zero attached hydrogens (tertiary/aromatic N) is 1. The highest BCUT2D eigenvalue weighted by molar-refractivity contribution is 6.10. The van der Waals surface area contributed by atoms with Crippen molar-refractivity contribution in [2.45, 2.75) is 32.2 Å². The van der Waals surface area contributed by atoms with Crippen LogP contribution in [0.2, 0.25) is 0 Å². The van der Waals surface area contributed by atoms with Gasteiger partial charge in [0, 0.05) is 12.1 Å². The molecule has 0 bridgehead atoms. The minimum atomic E-state index is 0.258. The maximum Gasteiger partial charge on any atom is 0.188 e. The third-order valence-corrected chi connectivity index (χ3v) is 5.54. The van der Waals surface area contributed by atoms with Crippen LogP contribution in [-0.4, -0.2) is 23.8 Å². The van der Waals surface area contributed by atoms with Crippen LogP contribution in [0, 0.1) is 5.92 Å². The number of Topliss-reactive ketones (excluding diaryl/α,β-unsaturated/α-hetero) is 1. The number of fused-ring (bicyclic) bond motifs is 1. The van der Waals surface area contributed by atoms with Crippen molar-refractivity contribution in [1.29, 1.82) is 0 Å². The predicted molar refractivity (Wildman–Crippen MR) is 102 cm³/mol. The molecule has 0 N–H and O–H groups in total. The van der Waals surface area contributed by atoms with E-state index in [2.05, 4.69) is 47.4 Å². The minimum Gasteiger partial charge on any atom is -0.299 e. The summed E-state index contributed by atoms with van der Waals surface area (Å²) in [4.78, 5) is 15.2. The summed E-state index contributed by atoms with van der Waals surface area (Å²) in [5.41, 5.74) is 4.56. The van der Waals surface area contributed by atoms with E-state index in [9.17, 15) is 4.79 Å². The van der Waals surface area contributed by atoms with E-state index in [-0.39, 0.29) is 5.78 Å². The number of hydrogen-bond acceptors (Lipinski definition) is 2. The molecular weight excluding hydrogens is 306 g/mol. The van der Waals surface area contributed by atoms with Gasteiger partial charge in [-0.15, -0.1) is 0 Å². The second-order valence-electron chi connectivity index (χ2n) is 7.28. The van der Waals surface area contributed by atoms with Gasteiger partial charge in [0.05, 0.1) is 0 Å². The van der Waals surface area contributed by atoms with Crippen LogP contribution in [-0.2, 0) is 13.0 Å². The van der Waals surface area contributed by atoms with Gasteiger partial charge in [0.2, 0.25) is 0 Å². The topological polar surface area (TPSA) is 20.3 Å². The number of carbonyl (C=O) groups excluding carboxylic acids is 1. The van der Waals surface area contributed by atoms with E-state index in [0.717, 1.165) is 56.5 Å². The number of carbonyl (C=O) groups is 1. The van der Waals surface area contributed by atoms with Crippen LogP contribution < -0.4 is 0 Å². The number of likely N-dealkylation sites (tertiary alicyclic amines) is 1. The Morgan fingerprint density at radius 2 is 1.64 bits per heavy atom. The lowest BCUT2D eigenvalue weighted by Crippen LogP contribution is -2.33. The van der Waals surface area contributed by atoms with E-state index in [4.69, 9.17) is 0 Å². The molecule has 2 heteroatoms. The third kappa shape index (κ3) is 3.74. The van der Waals surface area contributed by atoms with Gasteiger partial charge >= 0.3 is 0 Å². The summed E-state index contributed by atoms with van der Waals surface area (Å²) in [6.45, 7) is 3.28. The van der Waals surface area contributed by atoms with Crippen LogP contribution in [0.15, 0.2) is 66.2 Å². The maximum absolute atomic E-state index is 12.7. The van der Waals surface area contributed by atoms with E-state index in [1.807, 2.05) is 18.2 Å². The van der Waals surface area contributed by atoms with Crippen LogP contribution in [0.25, 0.3) is 0 Å². The molecule has 2 aliphatic rings. The fourth-order valence-electron chi connectivity index (χ4n) is 4.08. The van der Waals surface area contributed by atoms with Gasteiger partial charge in [-0.2, -0.15) is 0 Å². The Balaban J connectivity index is 1.37. The van der Waals surface area contributed by atoms with Crippen molar-refractivity contribution in [3.05, 3.63) is 82.9 Å². The molecule has 4 rings (SSSR count). The molecule has 1 fully saturated rings. The van der Waals surface area contributed by atoms with Crippen molar-refractivity contribution in [2.75, 3.05) is 13.1 Å². The van der Waals surface area contributed by atoms with Gasteiger partial charge in [0.1, 0.15) is 0 Å². The molecule has 2 nitrogen and oxygen atoms in total. The smallest absolute Gasteiger partial charge is 0.188 e. The Bertz CT molecular complexity index is 770. The molecule has 1 aliphatic heterocycles. The molecule has 25 heavy (non-hydrogen) atoms. The Labute approximate surface area is 150 Å². The first-order chi connectivity index (χ1) is 12.3. The number of hydrogen-bond donors (Lipinski definition) is 0. The van der Waals surface area contributed by atoms with Gasteiger partial charge in [-0.25, -0.2) is 0 Å². The molecule has 1 heterocycles. The fraction of sp³-hybridized carbons (Fsp3) is 0.348. The lowest BCUT2D eigenvalue weighted by atomic mass is 9.84. The SMILES string of the molecule is O=C1/C(=C/C2CCN(Cc3ccccc3)CC2)CCc2ccccc21. The van der Waals surface area contributed by atoms with Crippen LogP contribution in [0.4, 0.5) is 0 Å². The van der Waals surface area contributed by atoms with Gasteiger partial charge in [-0.05, 0) is 61.4 Å². The van der Waals surface area contributed by atoms with E-state index < -0.39 is 0 Å². The number of aryl methyl sites for hydroxylation is 1. The molecule has 0 aromatic heterocycles. The highest BCUT2D eigenvalue weighted by Crippen LogP contribution is 2.28. The van der Waals surface area contributed by atoms with Crippen molar-refractivity contribution in [3.63, 3.8) is 0 Å². The Morgan fingerprint density at radius 1 is 0.920 bits per heavy atom. The number of ketones is 1. The zero-order chi connectivity index (χ0) is 17.1. The Hall–Kier alpha value is -2.19. The summed E-state index contributed by atoms with van der Waals surface area (Å²) in [6.07, 6.45) is 6.51. The molecule has 0 atom stereocenters. The molecule has 0 amide bonds. The molecule has 1 aliphatic carbocycles. The first kappa shape index (κ1) is 16.3. The van der Waals surface area contributed by atoms with Crippen molar-refractivity contribution >= 4 is 5.78 Å². The van der Waals surface area contributed by atoms with Crippen molar-refractivity contribution < 1.29 is 4.79 Å². The van der Waals surface area contributed by atoms with E-state index in [1.54, 1.807) is 0 Å². The lowest BCUT2D eigenvalue weighted by Gasteiger charge is -2.31. The first-order valence-corrected chi connectivity index (χ1v) is 9.39. The Morgan fingerprint density at radius 3 is 2.44 bits per heavy atom. The van der Waals surface area contributed by atoms with E-state index in [0.29, 0.717) is 5.92 Å². The molecular formula is C23H25NO. The molecule has 128 valence electrons. The van der Waals surface area contributed by atoms with Crippen LogP contribution in [0.1, 0.15) is 40.7 Å².